The van der Waals surface area contributed by atoms with E-state index in [0.29, 0.717) is 18.1 Å². The zero-order valence-corrected chi connectivity index (χ0v) is 12.5. The number of rotatable bonds is 4. The van der Waals surface area contributed by atoms with E-state index in [4.69, 9.17) is 4.74 Å². The molecule has 5 rings (SSSR count). The van der Waals surface area contributed by atoms with Gasteiger partial charge in [0.1, 0.15) is 0 Å². The molecule has 0 spiro atoms. The van der Waals surface area contributed by atoms with Gasteiger partial charge in [0.05, 0.1) is 12.0 Å². The molecule has 21 heavy (non-hydrogen) atoms. The van der Waals surface area contributed by atoms with E-state index in [9.17, 15) is 0 Å². The Morgan fingerprint density at radius 2 is 1.90 bits per heavy atom. The van der Waals surface area contributed by atoms with E-state index >= 15 is 0 Å². The smallest absolute Gasteiger partial charge is 0.192 e. The summed E-state index contributed by atoms with van der Waals surface area (Å²) in [5.74, 6) is 0.393. The summed E-state index contributed by atoms with van der Waals surface area (Å²) in [6, 6.07) is 15.9. The Bertz CT molecular complexity index is 604. The van der Waals surface area contributed by atoms with Crippen molar-refractivity contribution in [2.24, 2.45) is 0 Å². The number of aromatic nitrogens is 1. The van der Waals surface area contributed by atoms with Crippen molar-refractivity contribution in [3.8, 4) is 0 Å². The first-order valence-corrected chi connectivity index (χ1v) is 8.10. The highest BCUT2D eigenvalue weighted by atomic mass is 16.5. The fourth-order valence-electron chi connectivity index (χ4n) is 3.95. The van der Waals surface area contributed by atoms with Gasteiger partial charge in [-0.15, -0.1) is 0 Å². The molecule has 0 saturated heterocycles. The van der Waals surface area contributed by atoms with Crippen LogP contribution in [0.25, 0.3) is 0 Å². The summed E-state index contributed by atoms with van der Waals surface area (Å²) in [7, 11) is 0. The van der Waals surface area contributed by atoms with Gasteiger partial charge in [-0.3, -0.25) is 0 Å². The lowest BCUT2D eigenvalue weighted by Gasteiger charge is -2.40. The number of nitrogens with zero attached hydrogens (tertiary/aromatic N) is 1. The zero-order valence-electron chi connectivity index (χ0n) is 12.5. The third kappa shape index (κ3) is 2.01. The molecule has 2 aliphatic heterocycles. The highest BCUT2D eigenvalue weighted by molar-refractivity contribution is 5.42. The highest BCUT2D eigenvalue weighted by Crippen LogP contribution is 2.45. The summed E-state index contributed by atoms with van der Waals surface area (Å²) in [5, 5.41) is 0. The van der Waals surface area contributed by atoms with Gasteiger partial charge < -0.3 is 4.74 Å². The fourth-order valence-corrected chi connectivity index (χ4v) is 3.95. The average Bonchev–Trinajstić information content (AvgIpc) is 2.55. The van der Waals surface area contributed by atoms with Crippen LogP contribution in [0.3, 0.4) is 0 Å². The number of ether oxygens (including phenoxy) is 1. The largest absolute Gasteiger partial charge is 0.377 e. The van der Waals surface area contributed by atoms with Gasteiger partial charge >= 0.3 is 0 Å². The molecule has 1 aromatic heterocycles. The van der Waals surface area contributed by atoms with E-state index in [1.165, 1.54) is 23.2 Å². The molecule has 0 radical (unpaired) electrons. The van der Waals surface area contributed by atoms with Gasteiger partial charge in [0, 0.05) is 30.7 Å². The highest BCUT2D eigenvalue weighted by Gasteiger charge is 2.49. The lowest BCUT2D eigenvalue weighted by atomic mass is 9.72. The summed E-state index contributed by atoms with van der Waals surface area (Å²) in [6.07, 6.45) is 6.02. The van der Waals surface area contributed by atoms with E-state index < -0.39 is 0 Å². The van der Waals surface area contributed by atoms with Gasteiger partial charge in [0.25, 0.3) is 0 Å². The molecule has 2 nitrogen and oxygen atoms in total. The minimum Gasteiger partial charge on any atom is -0.377 e. The van der Waals surface area contributed by atoms with Gasteiger partial charge in [0.15, 0.2) is 17.9 Å². The molecule has 1 aromatic carbocycles. The van der Waals surface area contributed by atoms with Gasteiger partial charge in [0.2, 0.25) is 0 Å². The minimum absolute atomic E-state index is 0.332. The molecule has 2 bridgehead atoms. The Hall–Kier alpha value is -1.67. The van der Waals surface area contributed by atoms with Crippen molar-refractivity contribution in [2.75, 3.05) is 6.61 Å². The lowest BCUT2D eigenvalue weighted by molar-refractivity contribution is -0.732. The first kappa shape index (κ1) is 13.0. The van der Waals surface area contributed by atoms with Gasteiger partial charge in [-0.05, 0) is 12.0 Å². The zero-order chi connectivity index (χ0) is 14.2. The van der Waals surface area contributed by atoms with Crippen LogP contribution in [-0.2, 0) is 4.74 Å². The summed E-state index contributed by atoms with van der Waals surface area (Å²) in [4.78, 5) is 0. The summed E-state index contributed by atoms with van der Waals surface area (Å²) < 4.78 is 8.71. The molecule has 0 N–H and O–H groups in total. The second-order valence-electron chi connectivity index (χ2n) is 6.15. The van der Waals surface area contributed by atoms with Crippen LogP contribution in [-0.4, -0.2) is 12.7 Å². The normalized spacial score (nSPS) is 25.5. The van der Waals surface area contributed by atoms with Crippen LogP contribution in [0.4, 0.5) is 0 Å². The number of hydrogen-bond acceptors (Lipinski definition) is 1. The molecule has 0 saturated carbocycles. The van der Waals surface area contributed by atoms with Crippen LogP contribution in [0, 0.1) is 0 Å². The SMILES string of the molecule is CCCCO[C@@H]1C[C@H]2c3ccccc3[C@@H]1c1cccc[n+]12. The van der Waals surface area contributed by atoms with Crippen molar-refractivity contribution in [3.05, 3.63) is 65.5 Å². The molecular weight excluding hydrogens is 258 g/mol. The molecular formula is C19H22NO+. The molecule has 3 atom stereocenters. The predicted molar refractivity (Wildman–Crippen MR) is 82.3 cm³/mol. The number of pyridine rings is 1. The Morgan fingerprint density at radius 3 is 2.76 bits per heavy atom. The average molecular weight is 280 g/mol. The molecule has 108 valence electrons. The van der Waals surface area contributed by atoms with Gasteiger partial charge in [-0.25, -0.2) is 0 Å². The molecule has 1 aliphatic carbocycles. The molecule has 2 aromatic rings. The van der Waals surface area contributed by atoms with Crippen molar-refractivity contribution in [3.63, 3.8) is 0 Å². The second kappa shape index (κ2) is 5.27. The number of fused-ring (bicyclic) bond motifs is 1. The Balaban J connectivity index is 1.76. The van der Waals surface area contributed by atoms with Crippen molar-refractivity contribution < 1.29 is 9.30 Å². The van der Waals surface area contributed by atoms with Gasteiger partial charge in [-0.2, -0.15) is 4.57 Å². The van der Waals surface area contributed by atoms with E-state index in [1.807, 2.05) is 0 Å². The second-order valence-corrected chi connectivity index (χ2v) is 6.15. The van der Waals surface area contributed by atoms with Crippen molar-refractivity contribution in [1.29, 1.82) is 0 Å². The monoisotopic (exact) mass is 280 g/mol. The molecule has 0 amide bonds. The molecule has 2 heteroatoms. The van der Waals surface area contributed by atoms with Gasteiger partial charge in [-0.1, -0.05) is 43.7 Å². The van der Waals surface area contributed by atoms with Crippen molar-refractivity contribution in [2.45, 2.75) is 44.2 Å². The summed E-state index contributed by atoms with van der Waals surface area (Å²) in [5.41, 5.74) is 4.37. The minimum atomic E-state index is 0.332. The lowest BCUT2D eigenvalue weighted by Crippen LogP contribution is -2.56. The predicted octanol–water partition coefficient (Wildman–Crippen LogP) is 3.60. The Labute approximate surface area is 126 Å². The van der Waals surface area contributed by atoms with Crippen molar-refractivity contribution in [1.82, 2.24) is 0 Å². The van der Waals surface area contributed by atoms with Crippen LogP contribution in [0.2, 0.25) is 0 Å². The third-order valence-corrected chi connectivity index (χ3v) is 4.92. The van der Waals surface area contributed by atoms with Crippen LogP contribution < -0.4 is 4.57 Å². The number of hydrogen-bond donors (Lipinski definition) is 0. The first-order valence-electron chi connectivity index (χ1n) is 8.10. The van der Waals surface area contributed by atoms with Crippen LogP contribution in [0.5, 0.6) is 0 Å². The molecule has 0 fully saturated rings. The summed E-state index contributed by atoms with van der Waals surface area (Å²) in [6.45, 7) is 3.11. The van der Waals surface area contributed by atoms with Crippen molar-refractivity contribution >= 4 is 0 Å². The Kier molecular flexibility index (Phi) is 3.27. The van der Waals surface area contributed by atoms with E-state index in [1.54, 1.807) is 0 Å². The third-order valence-electron chi connectivity index (χ3n) is 4.92. The molecule has 3 heterocycles. The quantitative estimate of drug-likeness (QED) is 0.616. The van der Waals surface area contributed by atoms with Crippen LogP contribution in [0.15, 0.2) is 48.7 Å². The summed E-state index contributed by atoms with van der Waals surface area (Å²) >= 11 is 0. The maximum absolute atomic E-state index is 6.26. The van der Waals surface area contributed by atoms with E-state index in [0.717, 1.165) is 19.4 Å². The maximum Gasteiger partial charge on any atom is 0.192 e. The maximum atomic E-state index is 6.26. The fraction of sp³-hybridized carbons (Fsp3) is 0.421. The topological polar surface area (TPSA) is 13.1 Å². The number of benzene rings is 1. The van der Waals surface area contributed by atoms with Crippen LogP contribution in [0.1, 0.15) is 55.0 Å². The number of unbranched alkanes of at least 4 members (excludes halogenated alkanes) is 1. The van der Waals surface area contributed by atoms with Crippen LogP contribution >= 0.6 is 0 Å². The van der Waals surface area contributed by atoms with E-state index in [-0.39, 0.29) is 0 Å². The Morgan fingerprint density at radius 1 is 1.10 bits per heavy atom. The molecule has 0 unspecified atom stereocenters. The first-order chi connectivity index (χ1) is 10.4. The standard InChI is InChI=1S/C19H22NO/c1-2-3-12-21-18-13-17-14-8-4-5-9-15(14)19(18)16-10-6-7-11-20(16)17/h4-11,17-19H,2-3,12-13H2,1H3/q+1/t17-,18+,19+/m0/s1. The van der Waals surface area contributed by atoms with E-state index in [2.05, 4.69) is 60.2 Å². The molecule has 3 aliphatic rings.